The highest BCUT2D eigenvalue weighted by Crippen LogP contribution is 2.38. The SMILES string of the molecule is COCCNC(=O)COc1c(OC)cc(C=O)cc1OC. The quantitative estimate of drug-likeness (QED) is 0.532. The number of hydrogen-bond donors (Lipinski definition) is 1. The third-order valence-electron chi connectivity index (χ3n) is 2.59. The van der Waals surface area contributed by atoms with Crippen molar-refractivity contribution < 1.29 is 28.5 Å². The number of hydrogen-bond acceptors (Lipinski definition) is 6. The van der Waals surface area contributed by atoms with Crippen LogP contribution < -0.4 is 19.5 Å². The van der Waals surface area contributed by atoms with Crippen molar-refractivity contribution in [2.45, 2.75) is 0 Å². The third kappa shape index (κ3) is 4.96. The maximum absolute atomic E-state index is 11.6. The Labute approximate surface area is 123 Å². The van der Waals surface area contributed by atoms with Gasteiger partial charge in [-0.25, -0.2) is 0 Å². The van der Waals surface area contributed by atoms with E-state index in [1.165, 1.54) is 26.4 Å². The largest absolute Gasteiger partial charge is 0.493 e. The molecule has 7 nitrogen and oxygen atoms in total. The summed E-state index contributed by atoms with van der Waals surface area (Å²) < 4.78 is 20.5. The van der Waals surface area contributed by atoms with E-state index in [2.05, 4.69) is 5.32 Å². The Kier molecular flexibility index (Phi) is 7.03. The normalized spacial score (nSPS) is 9.86. The first-order chi connectivity index (χ1) is 10.2. The van der Waals surface area contributed by atoms with Crippen molar-refractivity contribution >= 4 is 12.2 Å². The van der Waals surface area contributed by atoms with Crippen molar-refractivity contribution in [3.05, 3.63) is 17.7 Å². The molecule has 1 N–H and O–H groups in total. The van der Waals surface area contributed by atoms with Crippen LogP contribution in [0.1, 0.15) is 10.4 Å². The molecular formula is C14H19NO6. The Hall–Kier alpha value is -2.28. The van der Waals surface area contributed by atoms with Crippen LogP contribution in [-0.2, 0) is 9.53 Å². The van der Waals surface area contributed by atoms with Gasteiger partial charge in [-0.1, -0.05) is 0 Å². The second kappa shape index (κ2) is 8.80. The lowest BCUT2D eigenvalue weighted by atomic mass is 10.2. The molecule has 0 aliphatic heterocycles. The van der Waals surface area contributed by atoms with E-state index in [9.17, 15) is 9.59 Å². The Morgan fingerprint density at radius 2 is 1.81 bits per heavy atom. The zero-order valence-corrected chi connectivity index (χ0v) is 12.3. The van der Waals surface area contributed by atoms with Gasteiger partial charge in [0.25, 0.3) is 5.91 Å². The van der Waals surface area contributed by atoms with Crippen molar-refractivity contribution in [3.63, 3.8) is 0 Å². The molecule has 0 saturated heterocycles. The number of amides is 1. The average molecular weight is 297 g/mol. The molecule has 7 heteroatoms. The minimum absolute atomic E-state index is 0.198. The molecule has 0 bridgehead atoms. The van der Waals surface area contributed by atoms with E-state index in [0.717, 1.165) is 0 Å². The molecule has 0 heterocycles. The van der Waals surface area contributed by atoms with Gasteiger partial charge in [0.15, 0.2) is 18.1 Å². The van der Waals surface area contributed by atoms with Crippen molar-refractivity contribution in [2.75, 3.05) is 41.1 Å². The lowest BCUT2D eigenvalue weighted by molar-refractivity contribution is -0.123. The Bertz CT molecular complexity index is 463. The minimum atomic E-state index is -0.296. The van der Waals surface area contributed by atoms with Gasteiger partial charge >= 0.3 is 0 Å². The predicted octanol–water partition coefficient (Wildman–Crippen LogP) is 0.658. The lowest BCUT2D eigenvalue weighted by Crippen LogP contribution is -2.31. The van der Waals surface area contributed by atoms with Crippen LogP contribution >= 0.6 is 0 Å². The predicted molar refractivity (Wildman–Crippen MR) is 75.3 cm³/mol. The average Bonchev–Trinajstić information content (AvgIpc) is 2.52. The van der Waals surface area contributed by atoms with Crippen LogP contribution in [0.3, 0.4) is 0 Å². The van der Waals surface area contributed by atoms with E-state index >= 15 is 0 Å². The molecule has 0 saturated carbocycles. The molecule has 1 amide bonds. The van der Waals surface area contributed by atoms with Crippen molar-refractivity contribution in [1.82, 2.24) is 5.32 Å². The lowest BCUT2D eigenvalue weighted by Gasteiger charge is -2.14. The standard InChI is InChI=1S/C14H19NO6/c1-18-5-4-15-13(17)9-21-14-11(19-2)6-10(8-16)7-12(14)20-3/h6-8H,4-5,9H2,1-3H3,(H,15,17). The van der Waals surface area contributed by atoms with Gasteiger partial charge < -0.3 is 24.3 Å². The number of methoxy groups -OCH3 is 3. The Morgan fingerprint density at radius 1 is 1.19 bits per heavy atom. The van der Waals surface area contributed by atoms with Crippen LogP contribution in [0.5, 0.6) is 17.2 Å². The van der Waals surface area contributed by atoms with Crippen LogP contribution in [0.15, 0.2) is 12.1 Å². The van der Waals surface area contributed by atoms with Gasteiger partial charge in [0.05, 0.1) is 20.8 Å². The molecule has 0 aliphatic carbocycles. The molecule has 0 spiro atoms. The number of ether oxygens (including phenoxy) is 4. The summed E-state index contributed by atoms with van der Waals surface area (Å²) in [5.41, 5.74) is 0.389. The number of aldehydes is 1. The monoisotopic (exact) mass is 297 g/mol. The summed E-state index contributed by atoms with van der Waals surface area (Å²) in [5, 5.41) is 2.62. The first-order valence-electron chi connectivity index (χ1n) is 6.25. The number of benzene rings is 1. The highest BCUT2D eigenvalue weighted by atomic mass is 16.5. The molecule has 0 unspecified atom stereocenters. The highest BCUT2D eigenvalue weighted by molar-refractivity contribution is 5.79. The fourth-order valence-corrected chi connectivity index (χ4v) is 1.59. The molecule has 0 fully saturated rings. The fraction of sp³-hybridized carbons (Fsp3) is 0.429. The van der Waals surface area contributed by atoms with Gasteiger partial charge in [0.1, 0.15) is 6.29 Å². The maximum Gasteiger partial charge on any atom is 0.258 e. The second-order valence-corrected chi connectivity index (χ2v) is 4.00. The van der Waals surface area contributed by atoms with E-state index in [1.54, 1.807) is 7.11 Å². The van der Waals surface area contributed by atoms with Crippen LogP contribution in [0.4, 0.5) is 0 Å². The summed E-state index contributed by atoms with van der Waals surface area (Å²) in [6.45, 7) is 0.625. The first-order valence-corrected chi connectivity index (χ1v) is 6.25. The molecule has 1 aromatic carbocycles. The number of carbonyl (C=O) groups is 2. The van der Waals surface area contributed by atoms with E-state index in [-0.39, 0.29) is 18.3 Å². The molecule has 116 valence electrons. The summed E-state index contributed by atoms with van der Waals surface area (Å²) in [5.74, 6) is 0.616. The van der Waals surface area contributed by atoms with Crippen LogP contribution in [0.2, 0.25) is 0 Å². The fourth-order valence-electron chi connectivity index (χ4n) is 1.59. The van der Waals surface area contributed by atoms with Crippen molar-refractivity contribution in [2.24, 2.45) is 0 Å². The van der Waals surface area contributed by atoms with Gasteiger partial charge in [0, 0.05) is 19.2 Å². The van der Waals surface area contributed by atoms with E-state index in [4.69, 9.17) is 18.9 Å². The van der Waals surface area contributed by atoms with Crippen LogP contribution in [0, 0.1) is 0 Å². The van der Waals surface area contributed by atoms with E-state index in [1.807, 2.05) is 0 Å². The summed E-state index contributed by atoms with van der Waals surface area (Å²) in [4.78, 5) is 22.4. The Balaban J connectivity index is 2.77. The molecule has 0 radical (unpaired) electrons. The van der Waals surface area contributed by atoms with Gasteiger partial charge in [-0.3, -0.25) is 9.59 Å². The second-order valence-electron chi connectivity index (χ2n) is 4.00. The van der Waals surface area contributed by atoms with Crippen molar-refractivity contribution in [1.29, 1.82) is 0 Å². The molecular weight excluding hydrogens is 278 g/mol. The first kappa shape index (κ1) is 16.8. The van der Waals surface area contributed by atoms with E-state index in [0.29, 0.717) is 36.5 Å². The summed E-state index contributed by atoms with van der Waals surface area (Å²) in [6.07, 6.45) is 0.673. The summed E-state index contributed by atoms with van der Waals surface area (Å²) in [6, 6.07) is 3.02. The number of rotatable bonds is 9. The summed E-state index contributed by atoms with van der Waals surface area (Å²) >= 11 is 0. The molecule has 1 rings (SSSR count). The number of nitrogens with one attached hydrogen (secondary N) is 1. The van der Waals surface area contributed by atoms with Crippen LogP contribution in [-0.4, -0.2) is 53.3 Å². The molecule has 0 atom stereocenters. The smallest absolute Gasteiger partial charge is 0.258 e. The van der Waals surface area contributed by atoms with E-state index < -0.39 is 0 Å². The third-order valence-corrected chi connectivity index (χ3v) is 2.59. The zero-order valence-electron chi connectivity index (χ0n) is 12.3. The number of carbonyl (C=O) groups excluding carboxylic acids is 2. The zero-order chi connectivity index (χ0) is 15.7. The molecule has 0 aromatic heterocycles. The minimum Gasteiger partial charge on any atom is -0.493 e. The molecule has 1 aromatic rings. The van der Waals surface area contributed by atoms with Gasteiger partial charge in [-0.05, 0) is 12.1 Å². The van der Waals surface area contributed by atoms with Gasteiger partial charge in [0.2, 0.25) is 5.75 Å². The maximum atomic E-state index is 11.6. The summed E-state index contributed by atoms with van der Waals surface area (Å²) in [7, 11) is 4.43. The Morgan fingerprint density at radius 3 is 2.29 bits per heavy atom. The molecule has 21 heavy (non-hydrogen) atoms. The van der Waals surface area contributed by atoms with Gasteiger partial charge in [-0.2, -0.15) is 0 Å². The topological polar surface area (TPSA) is 83.1 Å². The van der Waals surface area contributed by atoms with Crippen LogP contribution in [0.25, 0.3) is 0 Å². The highest BCUT2D eigenvalue weighted by Gasteiger charge is 2.15. The molecule has 0 aliphatic rings. The van der Waals surface area contributed by atoms with Crippen molar-refractivity contribution in [3.8, 4) is 17.2 Å². The van der Waals surface area contributed by atoms with Gasteiger partial charge in [-0.15, -0.1) is 0 Å².